The van der Waals surface area contributed by atoms with E-state index in [9.17, 15) is 4.79 Å². The molecule has 0 saturated carbocycles. The zero-order valence-electron chi connectivity index (χ0n) is 6.41. The van der Waals surface area contributed by atoms with Crippen LogP contribution in [0.25, 0.3) is 0 Å². The van der Waals surface area contributed by atoms with Gasteiger partial charge in [-0.2, -0.15) is 0 Å². The lowest BCUT2D eigenvalue weighted by molar-refractivity contribution is 0.369. The molecule has 59 valence electrons. The van der Waals surface area contributed by atoms with Gasteiger partial charge < -0.3 is 4.74 Å². The second-order valence-electron chi connectivity index (χ2n) is 2.09. The van der Waals surface area contributed by atoms with Crippen molar-refractivity contribution in [3.8, 4) is 18.1 Å². The normalized spacial score (nSPS) is 8.58. The highest BCUT2D eigenvalue weighted by Gasteiger charge is 1.99. The van der Waals surface area contributed by atoms with Gasteiger partial charge in [-0.05, 0) is 12.1 Å². The minimum atomic E-state index is 0.165. The van der Waals surface area contributed by atoms with Crippen molar-refractivity contribution < 1.29 is 9.53 Å². The Morgan fingerprint density at radius 1 is 1.42 bits per heavy atom. The maximum atomic E-state index is 10.3. The smallest absolute Gasteiger partial charge is 0.237 e. The van der Waals surface area contributed by atoms with E-state index in [0.29, 0.717) is 11.3 Å². The molecular weight excluding hydrogens is 152 g/mol. The molecule has 0 fully saturated rings. The van der Waals surface area contributed by atoms with Gasteiger partial charge in [-0.15, -0.1) is 6.42 Å². The fourth-order valence-electron chi connectivity index (χ4n) is 0.796. The Labute approximate surface area is 71.2 Å². The van der Waals surface area contributed by atoms with E-state index >= 15 is 0 Å². The zero-order valence-corrected chi connectivity index (χ0v) is 6.41. The highest BCUT2D eigenvalue weighted by atomic mass is 16.5. The molecule has 1 aromatic carbocycles. The molecule has 2 nitrogen and oxygen atoms in total. The largest absolute Gasteiger partial charge is 0.480 e. The molecule has 0 heterocycles. The van der Waals surface area contributed by atoms with Crippen molar-refractivity contribution in [2.45, 2.75) is 0 Å². The van der Waals surface area contributed by atoms with E-state index in [1.54, 1.807) is 30.6 Å². The first kappa shape index (κ1) is 8.35. The topological polar surface area (TPSA) is 26.3 Å². The number of carbonyl (C=O) groups excluding carboxylic acids is 1. The van der Waals surface area contributed by atoms with Crippen LogP contribution in [0.1, 0.15) is 5.56 Å². The summed E-state index contributed by atoms with van der Waals surface area (Å²) < 4.78 is 5.08. The fraction of sp³-hybridized carbons (Fsp3) is 0.100. The molecule has 0 saturated heterocycles. The quantitative estimate of drug-likeness (QED) is 0.618. The molecule has 0 bridgehead atoms. The van der Waals surface area contributed by atoms with Gasteiger partial charge in [-0.1, -0.05) is 18.1 Å². The third-order valence-electron chi connectivity index (χ3n) is 1.31. The van der Waals surface area contributed by atoms with Gasteiger partial charge in [0.05, 0.1) is 5.56 Å². The molecule has 0 aliphatic heterocycles. The van der Waals surface area contributed by atoms with E-state index in [1.807, 2.05) is 0 Å². The van der Waals surface area contributed by atoms with E-state index < -0.39 is 0 Å². The maximum absolute atomic E-state index is 10.3. The average Bonchev–Trinajstić information content (AvgIpc) is 2.15. The van der Waals surface area contributed by atoms with Crippen molar-refractivity contribution in [1.82, 2.24) is 0 Å². The summed E-state index contributed by atoms with van der Waals surface area (Å²) in [5.41, 5.74) is 0.396. The van der Waals surface area contributed by atoms with Crippen molar-refractivity contribution in [1.29, 1.82) is 0 Å². The second kappa shape index (κ2) is 4.20. The van der Waals surface area contributed by atoms with Crippen LogP contribution in [0.3, 0.4) is 0 Å². The molecule has 0 unspecified atom stereocenters. The number of benzene rings is 1. The number of hydrogen-bond acceptors (Lipinski definition) is 2. The van der Waals surface area contributed by atoms with Crippen LogP contribution in [0.5, 0.6) is 5.75 Å². The van der Waals surface area contributed by atoms with Crippen molar-refractivity contribution in [3.63, 3.8) is 0 Å². The zero-order chi connectivity index (χ0) is 8.81. The van der Waals surface area contributed by atoms with Crippen molar-refractivity contribution >= 4 is 6.29 Å². The number of para-hydroxylation sites is 1. The molecule has 1 aromatic rings. The Balaban J connectivity index is 2.83. The summed E-state index contributed by atoms with van der Waals surface area (Å²) in [6.07, 6.45) is 6.76. The van der Waals surface area contributed by atoms with Gasteiger partial charge in [0, 0.05) is 0 Å². The van der Waals surface area contributed by atoms with Crippen LogP contribution in [0.15, 0.2) is 24.3 Å². The summed E-state index contributed by atoms with van der Waals surface area (Å²) in [5.74, 6) is 2.79. The molecule has 0 N–H and O–H groups in total. The van der Waals surface area contributed by atoms with Gasteiger partial charge in [0.15, 0.2) is 0 Å². The standard InChI is InChI=1S/C10H7O2/c1-2-7-12-10-6-4-3-5-9(10)8-11/h1,3-6H,7H2. The summed E-state index contributed by atoms with van der Waals surface area (Å²) in [6, 6.07) is 6.81. The summed E-state index contributed by atoms with van der Waals surface area (Å²) in [5, 5.41) is 0. The number of ether oxygens (including phenoxy) is 1. The van der Waals surface area contributed by atoms with Gasteiger partial charge in [-0.25, -0.2) is 0 Å². The molecule has 12 heavy (non-hydrogen) atoms. The summed E-state index contributed by atoms with van der Waals surface area (Å²) in [6.45, 7) is 0.165. The molecule has 1 rings (SSSR count). The van der Waals surface area contributed by atoms with Crippen molar-refractivity contribution in [2.24, 2.45) is 0 Å². The summed E-state index contributed by atoms with van der Waals surface area (Å²) >= 11 is 0. The Morgan fingerprint density at radius 2 is 2.17 bits per heavy atom. The van der Waals surface area contributed by atoms with Gasteiger partial charge >= 0.3 is 0 Å². The van der Waals surface area contributed by atoms with E-state index in [4.69, 9.17) is 11.2 Å². The molecular formula is C10H7O2. The monoisotopic (exact) mass is 159 g/mol. The molecule has 1 radical (unpaired) electrons. The lowest BCUT2D eigenvalue weighted by Crippen LogP contribution is -1.96. The van der Waals surface area contributed by atoms with E-state index in [1.165, 1.54) is 0 Å². The number of hydrogen-bond donors (Lipinski definition) is 0. The SMILES string of the molecule is C#CCOc1ccccc1[C]=O. The van der Waals surface area contributed by atoms with Crippen LogP contribution in [-0.4, -0.2) is 12.9 Å². The lowest BCUT2D eigenvalue weighted by atomic mass is 10.2. The Bertz CT molecular complexity index is 310. The van der Waals surface area contributed by atoms with Crippen LogP contribution in [0.2, 0.25) is 0 Å². The van der Waals surface area contributed by atoms with Crippen LogP contribution < -0.4 is 4.74 Å². The minimum Gasteiger partial charge on any atom is -0.480 e. The predicted molar refractivity (Wildman–Crippen MR) is 45.6 cm³/mol. The predicted octanol–water partition coefficient (Wildman–Crippen LogP) is 1.16. The van der Waals surface area contributed by atoms with Gasteiger partial charge in [-0.3, -0.25) is 4.79 Å². The molecule has 0 spiro atoms. The van der Waals surface area contributed by atoms with Gasteiger partial charge in [0.2, 0.25) is 6.29 Å². The van der Waals surface area contributed by atoms with Gasteiger partial charge in [0.25, 0.3) is 0 Å². The molecule has 0 aliphatic rings. The van der Waals surface area contributed by atoms with Crippen LogP contribution >= 0.6 is 0 Å². The van der Waals surface area contributed by atoms with Crippen LogP contribution in [0.4, 0.5) is 0 Å². The van der Waals surface area contributed by atoms with E-state index in [2.05, 4.69) is 5.92 Å². The Kier molecular flexibility index (Phi) is 2.92. The average molecular weight is 159 g/mol. The highest BCUT2D eigenvalue weighted by molar-refractivity contribution is 5.79. The molecule has 2 heteroatoms. The van der Waals surface area contributed by atoms with Crippen LogP contribution in [0, 0.1) is 12.3 Å². The lowest BCUT2D eigenvalue weighted by Gasteiger charge is -2.02. The Hall–Kier alpha value is -1.75. The third kappa shape index (κ3) is 1.86. The first-order valence-electron chi connectivity index (χ1n) is 3.42. The first-order valence-corrected chi connectivity index (χ1v) is 3.42. The fourth-order valence-corrected chi connectivity index (χ4v) is 0.796. The summed E-state index contributed by atoms with van der Waals surface area (Å²) in [4.78, 5) is 10.3. The molecule has 0 amide bonds. The molecule has 0 aromatic heterocycles. The van der Waals surface area contributed by atoms with E-state index in [-0.39, 0.29) is 6.61 Å². The van der Waals surface area contributed by atoms with Crippen LogP contribution in [-0.2, 0) is 4.79 Å². The summed E-state index contributed by atoms with van der Waals surface area (Å²) in [7, 11) is 0. The first-order chi connectivity index (χ1) is 5.88. The number of terminal acetylenes is 1. The Morgan fingerprint density at radius 3 is 2.83 bits per heavy atom. The van der Waals surface area contributed by atoms with Crippen molar-refractivity contribution in [2.75, 3.05) is 6.61 Å². The number of rotatable bonds is 3. The minimum absolute atomic E-state index is 0.165. The molecule has 0 atom stereocenters. The van der Waals surface area contributed by atoms with Crippen molar-refractivity contribution in [3.05, 3.63) is 29.8 Å². The highest BCUT2D eigenvalue weighted by Crippen LogP contribution is 2.14. The second-order valence-corrected chi connectivity index (χ2v) is 2.09. The molecule has 0 aliphatic carbocycles. The van der Waals surface area contributed by atoms with Gasteiger partial charge in [0.1, 0.15) is 12.4 Å². The maximum Gasteiger partial charge on any atom is 0.237 e. The third-order valence-corrected chi connectivity index (χ3v) is 1.31. The van der Waals surface area contributed by atoms with E-state index in [0.717, 1.165) is 0 Å².